The van der Waals surface area contributed by atoms with Gasteiger partial charge >= 0.3 is 12.5 Å². The lowest BCUT2D eigenvalue weighted by atomic mass is 10.1. The van der Waals surface area contributed by atoms with Crippen LogP contribution in [0.4, 0.5) is 32.0 Å². The number of rotatable bonds is 10. The highest BCUT2D eigenvalue weighted by Gasteiger charge is 2.32. The molecule has 1 N–H and O–H groups in total. The lowest BCUT2D eigenvalue weighted by Gasteiger charge is -2.27. The molecular formula is C27H24F6N2O5S. The molecule has 7 nitrogen and oxygen atoms in total. The number of halogens is 6. The van der Waals surface area contributed by atoms with Crippen LogP contribution >= 0.6 is 0 Å². The third-order valence-corrected chi connectivity index (χ3v) is 7.48. The number of nitrogens with zero attached hydrogens (tertiary/aromatic N) is 2. The number of hydrogen-bond acceptors (Lipinski definition) is 5. The van der Waals surface area contributed by atoms with Crippen molar-refractivity contribution in [1.29, 1.82) is 0 Å². The number of ether oxygens (including phenoxy) is 1. The van der Waals surface area contributed by atoms with Gasteiger partial charge in [-0.3, -0.25) is 9.10 Å². The molecule has 0 heterocycles. The summed E-state index contributed by atoms with van der Waals surface area (Å²) in [6, 6.07) is 13.9. The lowest BCUT2D eigenvalue weighted by molar-refractivity contribution is -0.274. The quantitative estimate of drug-likeness (QED) is 0.246. The summed E-state index contributed by atoms with van der Waals surface area (Å²) in [5.74, 6) is -1.15. The average molecular weight is 603 g/mol. The molecule has 0 aromatic heterocycles. The van der Waals surface area contributed by atoms with E-state index in [4.69, 9.17) is 0 Å². The molecule has 0 spiro atoms. The van der Waals surface area contributed by atoms with Crippen molar-refractivity contribution < 1.29 is 49.4 Å². The van der Waals surface area contributed by atoms with E-state index in [1.807, 2.05) is 0 Å². The Morgan fingerprint density at radius 2 is 1.54 bits per heavy atom. The van der Waals surface area contributed by atoms with Gasteiger partial charge in [0.15, 0.2) is 0 Å². The maximum Gasteiger partial charge on any atom is 0.573 e. The number of para-hydroxylation sites is 1. The second kappa shape index (κ2) is 12.6. The van der Waals surface area contributed by atoms with E-state index in [1.54, 1.807) is 12.1 Å². The Morgan fingerprint density at radius 1 is 0.927 bits per heavy atom. The fraction of sp³-hybridized carbons (Fsp3) is 0.222. The number of aliphatic hydroxyl groups is 1. The van der Waals surface area contributed by atoms with Gasteiger partial charge in [-0.05, 0) is 59.7 Å². The van der Waals surface area contributed by atoms with Crippen LogP contribution in [0.3, 0.4) is 0 Å². The van der Waals surface area contributed by atoms with Gasteiger partial charge in [0, 0.05) is 19.7 Å². The van der Waals surface area contributed by atoms with Gasteiger partial charge in [0.2, 0.25) is 5.91 Å². The normalized spacial score (nSPS) is 12.4. The minimum atomic E-state index is -4.96. The summed E-state index contributed by atoms with van der Waals surface area (Å²) in [6.07, 6.45) is -6.97. The van der Waals surface area contributed by atoms with Gasteiger partial charge in [-0.1, -0.05) is 30.3 Å². The van der Waals surface area contributed by atoms with E-state index >= 15 is 0 Å². The van der Waals surface area contributed by atoms with Gasteiger partial charge in [0.05, 0.1) is 29.3 Å². The minimum Gasteiger partial charge on any atom is -0.406 e. The Bertz CT molecular complexity index is 1470. The number of carbonyl (C=O) groups excluding carboxylic acids is 1. The van der Waals surface area contributed by atoms with E-state index in [-0.39, 0.29) is 17.1 Å². The monoisotopic (exact) mass is 602 g/mol. The molecule has 0 saturated carbocycles. The average Bonchev–Trinajstić information content (AvgIpc) is 2.90. The molecule has 3 rings (SSSR count). The van der Waals surface area contributed by atoms with E-state index in [9.17, 15) is 44.7 Å². The zero-order valence-electron chi connectivity index (χ0n) is 21.4. The maximum absolute atomic E-state index is 13.4. The Balaban J connectivity index is 1.82. The summed E-state index contributed by atoms with van der Waals surface area (Å²) in [7, 11) is -2.95. The zero-order valence-corrected chi connectivity index (χ0v) is 22.2. The second-order valence-corrected chi connectivity index (χ2v) is 10.5. The van der Waals surface area contributed by atoms with E-state index in [2.05, 4.69) is 4.74 Å². The third-order valence-electron chi connectivity index (χ3n) is 5.65. The van der Waals surface area contributed by atoms with Crippen LogP contribution in [0.2, 0.25) is 0 Å². The number of alkyl halides is 6. The summed E-state index contributed by atoms with van der Waals surface area (Å²) < 4.78 is 107. The maximum atomic E-state index is 13.4. The smallest absolute Gasteiger partial charge is 0.406 e. The van der Waals surface area contributed by atoms with E-state index < -0.39 is 52.9 Å². The van der Waals surface area contributed by atoms with Crippen LogP contribution in [0.25, 0.3) is 6.08 Å². The molecule has 1 amide bonds. The molecule has 0 aliphatic heterocycles. The molecule has 0 fully saturated rings. The van der Waals surface area contributed by atoms with Crippen LogP contribution < -0.4 is 9.04 Å². The highest BCUT2D eigenvalue weighted by molar-refractivity contribution is 7.92. The molecule has 3 aromatic rings. The fourth-order valence-electron chi connectivity index (χ4n) is 3.70. The summed E-state index contributed by atoms with van der Waals surface area (Å²) >= 11 is 0. The second-order valence-electron chi connectivity index (χ2n) is 8.60. The molecule has 0 aliphatic rings. The van der Waals surface area contributed by atoms with Crippen molar-refractivity contribution in [3.05, 3.63) is 95.6 Å². The number of anilines is 1. The first-order valence-electron chi connectivity index (χ1n) is 11.8. The zero-order chi connectivity index (χ0) is 30.4. The molecule has 41 heavy (non-hydrogen) atoms. The van der Waals surface area contributed by atoms with Gasteiger partial charge in [-0.2, -0.15) is 13.2 Å². The van der Waals surface area contributed by atoms with Gasteiger partial charge in [0.1, 0.15) is 5.75 Å². The molecule has 0 aliphatic carbocycles. The van der Waals surface area contributed by atoms with Crippen LogP contribution in [0, 0.1) is 0 Å². The number of likely N-dealkylation sites (N-methyl/N-ethyl adjacent to an activating group) is 1. The molecule has 3 aromatic carbocycles. The SMILES string of the molecule is CN(Cc1ccccc1N(CCO)S(=O)(=O)c1ccc(OC(F)(F)F)cc1)C(=O)/C=C/c1ccc(C(F)(F)F)cc1. The molecule has 0 bridgehead atoms. The van der Waals surface area contributed by atoms with Crippen molar-refractivity contribution >= 4 is 27.7 Å². The molecule has 0 atom stereocenters. The van der Waals surface area contributed by atoms with Crippen LogP contribution in [-0.2, 0) is 27.5 Å². The molecule has 0 saturated heterocycles. The van der Waals surface area contributed by atoms with Crippen LogP contribution in [-0.4, -0.2) is 50.9 Å². The molecule has 14 heteroatoms. The summed E-state index contributed by atoms with van der Waals surface area (Å²) in [4.78, 5) is 13.6. The standard InChI is InChI=1S/C27H24F6N2O5S/c1-34(25(37)15-8-19-6-9-21(10-7-19)26(28,29)30)18-20-4-2-3-5-24(20)35(16-17-36)41(38,39)23-13-11-22(12-14-23)40-27(31,32)33/h2-15,36H,16-18H2,1H3/b15-8+. The van der Waals surface area contributed by atoms with E-state index in [0.717, 1.165) is 46.8 Å². The highest BCUT2D eigenvalue weighted by atomic mass is 32.2. The number of hydrogen-bond donors (Lipinski definition) is 1. The van der Waals surface area contributed by atoms with Crippen molar-refractivity contribution in [1.82, 2.24) is 4.90 Å². The van der Waals surface area contributed by atoms with Crippen molar-refractivity contribution in [3.8, 4) is 5.75 Å². The van der Waals surface area contributed by atoms with Crippen LogP contribution in [0.15, 0.2) is 83.8 Å². The Kier molecular flexibility index (Phi) is 9.71. The fourth-order valence-corrected chi connectivity index (χ4v) is 5.19. The molecule has 0 unspecified atom stereocenters. The topological polar surface area (TPSA) is 87.2 Å². The molecule has 0 radical (unpaired) electrons. The van der Waals surface area contributed by atoms with Gasteiger partial charge in [-0.15, -0.1) is 13.2 Å². The number of benzene rings is 3. The first-order chi connectivity index (χ1) is 19.1. The Hall–Kier alpha value is -4.04. The predicted octanol–water partition coefficient (Wildman–Crippen LogP) is 5.46. The first kappa shape index (κ1) is 31.5. The van der Waals surface area contributed by atoms with Gasteiger partial charge in [-0.25, -0.2) is 8.42 Å². The first-order valence-corrected chi connectivity index (χ1v) is 13.2. The van der Waals surface area contributed by atoms with Crippen LogP contribution in [0.1, 0.15) is 16.7 Å². The molecular weight excluding hydrogens is 578 g/mol. The Morgan fingerprint density at radius 3 is 2.10 bits per heavy atom. The lowest BCUT2D eigenvalue weighted by Crippen LogP contribution is -2.35. The predicted molar refractivity (Wildman–Crippen MR) is 138 cm³/mol. The number of aliphatic hydroxyl groups excluding tert-OH is 1. The number of sulfonamides is 1. The van der Waals surface area contributed by atoms with Gasteiger partial charge in [0.25, 0.3) is 10.0 Å². The summed E-state index contributed by atoms with van der Waals surface area (Å²) in [6.45, 7) is -1.08. The third kappa shape index (κ3) is 8.47. The largest absolute Gasteiger partial charge is 0.573 e. The minimum absolute atomic E-state index is 0.0951. The van der Waals surface area contributed by atoms with Crippen molar-refractivity contribution in [2.24, 2.45) is 0 Å². The molecule has 220 valence electrons. The highest BCUT2D eigenvalue weighted by Crippen LogP contribution is 2.31. The number of carbonyl (C=O) groups is 1. The van der Waals surface area contributed by atoms with Crippen molar-refractivity contribution in [2.45, 2.75) is 24.0 Å². The van der Waals surface area contributed by atoms with Crippen LogP contribution in [0.5, 0.6) is 5.75 Å². The van der Waals surface area contributed by atoms with Gasteiger partial charge < -0.3 is 14.7 Å². The Labute approximate surface area is 231 Å². The number of amides is 1. The summed E-state index contributed by atoms with van der Waals surface area (Å²) in [5.41, 5.74) is -0.00134. The van der Waals surface area contributed by atoms with Crippen molar-refractivity contribution in [2.75, 3.05) is 24.5 Å². The van der Waals surface area contributed by atoms with Crippen molar-refractivity contribution in [3.63, 3.8) is 0 Å². The van der Waals surface area contributed by atoms with E-state index in [0.29, 0.717) is 11.1 Å². The van der Waals surface area contributed by atoms with E-state index in [1.165, 1.54) is 42.3 Å². The summed E-state index contributed by atoms with van der Waals surface area (Å²) in [5, 5.41) is 9.59.